The minimum Gasteiger partial charge on any atom is -0.381 e. The van der Waals surface area contributed by atoms with E-state index in [4.69, 9.17) is 9.47 Å². The van der Waals surface area contributed by atoms with E-state index in [1.165, 1.54) is 4.90 Å². The Morgan fingerprint density at radius 2 is 1.67 bits per heavy atom. The first-order chi connectivity index (χ1) is 24.1. The van der Waals surface area contributed by atoms with Crippen molar-refractivity contribution in [2.75, 3.05) is 55.9 Å². The van der Waals surface area contributed by atoms with Crippen LogP contribution >= 0.6 is 0 Å². The molecule has 3 aliphatic heterocycles. The SMILES string of the molecule is CCN(c1cc(-c2ccc3c(c2)N(CC(F)(F)C(F)(F)F)CC32CCOCC2)cc(C(=O)NCc2c(C)cc(C)[nH]c2=O)c1C)C1CCOCC1. The van der Waals surface area contributed by atoms with Gasteiger partial charge < -0.3 is 29.6 Å². The average Bonchev–Trinajstić information content (AvgIpc) is 3.35. The molecular formula is C38H45F5N4O4. The van der Waals surface area contributed by atoms with Gasteiger partial charge in [-0.3, -0.25) is 9.59 Å². The summed E-state index contributed by atoms with van der Waals surface area (Å²) in [7, 11) is 0. The molecule has 4 heterocycles. The fourth-order valence-corrected chi connectivity index (χ4v) is 8.00. The fraction of sp³-hybridized carbons (Fsp3) is 0.526. The van der Waals surface area contributed by atoms with Crippen molar-refractivity contribution < 1.29 is 36.2 Å². The van der Waals surface area contributed by atoms with Crippen LogP contribution in [0.2, 0.25) is 0 Å². The maximum atomic E-state index is 14.6. The number of nitrogens with one attached hydrogen (secondary N) is 2. The van der Waals surface area contributed by atoms with Gasteiger partial charge in [-0.2, -0.15) is 22.0 Å². The second-order valence-corrected chi connectivity index (χ2v) is 14.1. The van der Waals surface area contributed by atoms with Crippen LogP contribution in [0.15, 0.2) is 41.2 Å². The van der Waals surface area contributed by atoms with Gasteiger partial charge in [-0.25, -0.2) is 0 Å². The number of hydrogen-bond donors (Lipinski definition) is 2. The Hall–Kier alpha value is -3.97. The van der Waals surface area contributed by atoms with E-state index in [0.29, 0.717) is 79.4 Å². The Balaban J connectivity index is 1.44. The highest BCUT2D eigenvalue weighted by atomic mass is 19.4. The second-order valence-electron chi connectivity index (χ2n) is 14.1. The predicted octanol–water partition coefficient (Wildman–Crippen LogP) is 6.97. The van der Waals surface area contributed by atoms with Gasteiger partial charge in [0.25, 0.3) is 11.5 Å². The van der Waals surface area contributed by atoms with Crippen molar-refractivity contribution in [3.8, 4) is 11.1 Å². The Morgan fingerprint density at radius 3 is 2.31 bits per heavy atom. The number of alkyl halides is 5. The van der Waals surface area contributed by atoms with E-state index in [1.54, 1.807) is 19.1 Å². The molecule has 2 N–H and O–H groups in total. The second kappa shape index (κ2) is 14.2. The molecule has 0 atom stereocenters. The van der Waals surface area contributed by atoms with E-state index in [2.05, 4.69) is 15.2 Å². The summed E-state index contributed by atoms with van der Waals surface area (Å²) in [4.78, 5) is 32.9. The summed E-state index contributed by atoms with van der Waals surface area (Å²) in [6, 6.07) is 11.1. The highest BCUT2D eigenvalue weighted by Gasteiger charge is 2.59. The molecule has 1 spiro atoms. The van der Waals surface area contributed by atoms with Gasteiger partial charge in [0.2, 0.25) is 0 Å². The molecule has 51 heavy (non-hydrogen) atoms. The number of aromatic nitrogens is 1. The van der Waals surface area contributed by atoms with Crippen LogP contribution in [-0.4, -0.2) is 75.1 Å². The Morgan fingerprint density at radius 1 is 0.980 bits per heavy atom. The standard InChI is InChI=1S/C38H45F5N4O4/c1-5-47(28-8-12-50-13-9-28)32-19-27(17-29(25(32)4)34(48)44-20-30-23(2)16-24(3)45-35(30)49)26-6-7-31-33(18-26)46(22-37(39,40)38(41,42)43)21-36(31)10-14-51-15-11-36/h6-7,16-19,28H,5,8-15,20-22H2,1-4H3,(H,44,48)(H,45,49). The van der Waals surface area contributed by atoms with Crippen LogP contribution in [0, 0.1) is 20.8 Å². The first kappa shape index (κ1) is 36.8. The molecule has 6 rings (SSSR count). The zero-order chi connectivity index (χ0) is 36.7. The van der Waals surface area contributed by atoms with E-state index in [1.807, 2.05) is 45.0 Å². The van der Waals surface area contributed by atoms with Gasteiger partial charge in [-0.05, 0) is 105 Å². The lowest BCUT2D eigenvalue weighted by Crippen LogP contribution is -2.48. The normalized spacial score (nSPS) is 17.9. The molecule has 2 aromatic carbocycles. The summed E-state index contributed by atoms with van der Waals surface area (Å²) in [6.45, 7) is 8.67. The topological polar surface area (TPSA) is 86.9 Å². The monoisotopic (exact) mass is 716 g/mol. The number of carbonyl (C=O) groups excluding carboxylic acids is 1. The van der Waals surface area contributed by atoms with E-state index in [-0.39, 0.29) is 24.7 Å². The van der Waals surface area contributed by atoms with Gasteiger partial charge in [0.15, 0.2) is 0 Å². The number of H-pyrrole nitrogens is 1. The lowest BCUT2D eigenvalue weighted by molar-refractivity contribution is -0.277. The number of ether oxygens (including phenoxy) is 2. The quantitative estimate of drug-likeness (QED) is 0.233. The number of anilines is 2. The van der Waals surface area contributed by atoms with Crippen LogP contribution in [0.1, 0.15) is 70.9 Å². The van der Waals surface area contributed by atoms with Crippen LogP contribution < -0.4 is 20.7 Å². The third kappa shape index (κ3) is 7.24. The molecule has 0 radical (unpaired) electrons. The van der Waals surface area contributed by atoms with E-state index < -0.39 is 30.0 Å². The van der Waals surface area contributed by atoms with Gasteiger partial charge in [0.1, 0.15) is 0 Å². The summed E-state index contributed by atoms with van der Waals surface area (Å²) in [5.74, 6) is -5.31. The molecule has 8 nitrogen and oxygen atoms in total. The summed E-state index contributed by atoms with van der Waals surface area (Å²) in [6.07, 6.45) is -3.10. The molecule has 0 bridgehead atoms. The number of amides is 1. The van der Waals surface area contributed by atoms with Crippen molar-refractivity contribution in [2.24, 2.45) is 0 Å². The minimum atomic E-state index is -5.69. The number of aryl methyl sites for hydroxylation is 2. The number of benzene rings is 2. The lowest BCUT2D eigenvalue weighted by atomic mass is 9.75. The number of rotatable bonds is 9. The Bertz CT molecular complexity index is 1830. The van der Waals surface area contributed by atoms with E-state index in [0.717, 1.165) is 35.2 Å². The van der Waals surface area contributed by atoms with Crippen LogP contribution in [-0.2, 0) is 21.4 Å². The molecule has 0 unspecified atom stereocenters. The molecule has 2 saturated heterocycles. The number of hydrogen-bond acceptors (Lipinski definition) is 6. The number of halogens is 5. The van der Waals surface area contributed by atoms with E-state index in [9.17, 15) is 31.5 Å². The summed E-state index contributed by atoms with van der Waals surface area (Å²) in [5, 5.41) is 2.92. The maximum absolute atomic E-state index is 14.6. The zero-order valence-electron chi connectivity index (χ0n) is 29.4. The van der Waals surface area contributed by atoms with Crippen molar-refractivity contribution >= 4 is 17.3 Å². The molecule has 0 aliphatic carbocycles. The first-order valence-corrected chi connectivity index (χ1v) is 17.5. The molecule has 1 amide bonds. The number of carbonyl (C=O) groups is 1. The highest BCUT2D eigenvalue weighted by Crippen LogP contribution is 2.50. The van der Waals surface area contributed by atoms with Crippen molar-refractivity contribution in [2.45, 2.75) is 83.5 Å². The Kier molecular flexibility index (Phi) is 10.3. The molecule has 1 aromatic heterocycles. The molecule has 276 valence electrons. The van der Waals surface area contributed by atoms with E-state index >= 15 is 0 Å². The highest BCUT2D eigenvalue weighted by molar-refractivity contribution is 5.99. The third-order valence-electron chi connectivity index (χ3n) is 10.8. The van der Waals surface area contributed by atoms with Crippen molar-refractivity contribution in [3.05, 3.63) is 80.3 Å². The van der Waals surface area contributed by atoms with Gasteiger partial charge in [0, 0.05) is 85.7 Å². The van der Waals surface area contributed by atoms with Crippen molar-refractivity contribution in [1.29, 1.82) is 0 Å². The fourth-order valence-electron chi connectivity index (χ4n) is 8.00. The summed E-state index contributed by atoms with van der Waals surface area (Å²) < 4.78 is 80.8. The molecule has 3 aliphatic rings. The smallest absolute Gasteiger partial charge is 0.381 e. The summed E-state index contributed by atoms with van der Waals surface area (Å²) in [5.41, 5.74) is 5.20. The predicted molar refractivity (Wildman–Crippen MR) is 186 cm³/mol. The van der Waals surface area contributed by atoms with Gasteiger partial charge in [-0.15, -0.1) is 0 Å². The maximum Gasteiger partial charge on any atom is 0.455 e. The largest absolute Gasteiger partial charge is 0.455 e. The number of aromatic amines is 1. The lowest BCUT2D eigenvalue weighted by Gasteiger charge is -2.37. The number of nitrogens with zero attached hydrogens (tertiary/aromatic N) is 2. The van der Waals surface area contributed by atoms with Crippen LogP contribution in [0.3, 0.4) is 0 Å². The average molecular weight is 717 g/mol. The first-order valence-electron chi connectivity index (χ1n) is 17.5. The van der Waals surface area contributed by atoms with Gasteiger partial charge >= 0.3 is 12.1 Å². The van der Waals surface area contributed by atoms with Crippen molar-refractivity contribution in [1.82, 2.24) is 10.3 Å². The molecule has 2 fully saturated rings. The van der Waals surface area contributed by atoms with Crippen LogP contribution in [0.5, 0.6) is 0 Å². The third-order valence-corrected chi connectivity index (χ3v) is 10.8. The zero-order valence-corrected chi connectivity index (χ0v) is 29.4. The minimum absolute atomic E-state index is 0.00373. The number of fused-ring (bicyclic) bond motifs is 2. The van der Waals surface area contributed by atoms with Crippen LogP contribution in [0.25, 0.3) is 11.1 Å². The summed E-state index contributed by atoms with van der Waals surface area (Å²) >= 11 is 0. The molecule has 3 aromatic rings. The van der Waals surface area contributed by atoms with Gasteiger partial charge in [-0.1, -0.05) is 12.1 Å². The molecule has 13 heteroatoms. The molecular weight excluding hydrogens is 671 g/mol. The van der Waals surface area contributed by atoms with Crippen molar-refractivity contribution in [3.63, 3.8) is 0 Å². The number of pyridine rings is 1. The Labute approximate surface area is 294 Å². The molecule has 0 saturated carbocycles. The van der Waals surface area contributed by atoms with Gasteiger partial charge in [0.05, 0.1) is 6.54 Å². The van der Waals surface area contributed by atoms with Crippen LogP contribution in [0.4, 0.5) is 33.3 Å².